The fraction of sp³-hybridized carbons (Fsp3) is 1.00. The zero-order valence-corrected chi connectivity index (χ0v) is 10.2. The molecule has 0 bridgehead atoms. The van der Waals surface area contributed by atoms with Crippen LogP contribution in [0.2, 0.25) is 0 Å². The lowest BCUT2D eigenvalue weighted by atomic mass is 9.65. The van der Waals surface area contributed by atoms with E-state index in [0.29, 0.717) is 17.6 Å². The lowest BCUT2D eigenvalue weighted by Gasteiger charge is -2.40. The zero-order chi connectivity index (χ0) is 11.9. The Morgan fingerprint density at radius 3 is 1.82 bits per heavy atom. The van der Waals surface area contributed by atoms with Crippen molar-refractivity contribution in [3.63, 3.8) is 0 Å². The Labute approximate surface area is 102 Å². The highest BCUT2D eigenvalue weighted by Crippen LogP contribution is 2.49. The average Bonchev–Trinajstić information content (AvgIpc) is 3.16. The molecule has 0 radical (unpaired) electrons. The molecule has 0 amide bonds. The smallest absolute Gasteiger partial charge is 0.154 e. The van der Waals surface area contributed by atoms with E-state index in [1.165, 1.54) is 0 Å². The quantitative estimate of drug-likeness (QED) is 0.558. The molecule has 2 atom stereocenters. The van der Waals surface area contributed by atoms with Crippen LogP contribution in [0.3, 0.4) is 0 Å². The first kappa shape index (κ1) is 11.9. The first-order chi connectivity index (χ1) is 8.17. The van der Waals surface area contributed by atoms with Crippen molar-refractivity contribution < 1.29 is 19.7 Å². The van der Waals surface area contributed by atoms with Gasteiger partial charge in [0.2, 0.25) is 0 Å². The van der Waals surface area contributed by atoms with E-state index in [9.17, 15) is 10.2 Å². The molecule has 98 valence electrons. The van der Waals surface area contributed by atoms with Gasteiger partial charge in [-0.15, -0.1) is 0 Å². The molecule has 3 fully saturated rings. The highest BCUT2D eigenvalue weighted by Gasteiger charge is 2.44. The van der Waals surface area contributed by atoms with Crippen LogP contribution < -0.4 is 0 Å². The van der Waals surface area contributed by atoms with Crippen molar-refractivity contribution in [2.45, 2.75) is 57.0 Å². The molecule has 2 N–H and O–H groups in total. The number of aliphatic hydroxyl groups excluding tert-OH is 1. The number of hydrogen-bond donors (Lipinski definition) is 2. The van der Waals surface area contributed by atoms with Gasteiger partial charge in [0.05, 0.1) is 25.4 Å². The number of aliphatic hydroxyl groups is 2. The zero-order valence-electron chi connectivity index (χ0n) is 10.2. The van der Waals surface area contributed by atoms with Crippen molar-refractivity contribution in [1.82, 2.24) is 0 Å². The fourth-order valence-corrected chi connectivity index (χ4v) is 3.38. The fourth-order valence-electron chi connectivity index (χ4n) is 3.38. The molecule has 2 heterocycles. The molecule has 1 aliphatic carbocycles. The van der Waals surface area contributed by atoms with Crippen LogP contribution in [-0.4, -0.2) is 41.9 Å². The maximum absolute atomic E-state index is 9.24. The van der Waals surface area contributed by atoms with Crippen molar-refractivity contribution in [3.8, 4) is 0 Å². The summed E-state index contributed by atoms with van der Waals surface area (Å²) in [4.78, 5) is 0. The third-order valence-corrected chi connectivity index (χ3v) is 4.64. The van der Waals surface area contributed by atoms with Crippen LogP contribution in [-0.2, 0) is 9.47 Å². The van der Waals surface area contributed by atoms with Gasteiger partial charge in [-0.05, 0) is 43.9 Å². The molecule has 4 nitrogen and oxygen atoms in total. The number of ether oxygens (including phenoxy) is 2. The summed E-state index contributed by atoms with van der Waals surface area (Å²) in [7, 11) is 0. The van der Waals surface area contributed by atoms with E-state index < -0.39 is 6.29 Å². The lowest BCUT2D eigenvalue weighted by molar-refractivity contribution is -0.103. The van der Waals surface area contributed by atoms with Crippen LogP contribution in [0.1, 0.15) is 38.5 Å². The minimum Gasteiger partial charge on any atom is -0.373 e. The summed E-state index contributed by atoms with van der Waals surface area (Å²) < 4.78 is 10.7. The Balaban J connectivity index is 1.59. The van der Waals surface area contributed by atoms with Gasteiger partial charge in [0, 0.05) is 5.92 Å². The maximum atomic E-state index is 9.24. The lowest BCUT2D eigenvalue weighted by Crippen LogP contribution is -2.34. The summed E-state index contributed by atoms with van der Waals surface area (Å²) in [6.07, 6.45) is 6.11. The molecule has 0 aromatic rings. The second-order valence-electron chi connectivity index (χ2n) is 6.07. The van der Waals surface area contributed by atoms with Gasteiger partial charge in [-0.25, -0.2) is 0 Å². The van der Waals surface area contributed by atoms with Gasteiger partial charge in [0.15, 0.2) is 6.29 Å². The largest absolute Gasteiger partial charge is 0.373 e. The highest BCUT2D eigenvalue weighted by molar-refractivity contribution is 4.94. The molecule has 0 aromatic heterocycles. The second kappa shape index (κ2) is 4.50. The van der Waals surface area contributed by atoms with E-state index in [2.05, 4.69) is 0 Å². The average molecular weight is 242 g/mol. The van der Waals surface area contributed by atoms with Crippen LogP contribution in [0.5, 0.6) is 0 Å². The van der Waals surface area contributed by atoms with E-state index in [1.807, 2.05) is 0 Å². The molecule has 3 rings (SSSR count). The van der Waals surface area contributed by atoms with Gasteiger partial charge in [-0.3, -0.25) is 0 Å². The predicted molar refractivity (Wildman–Crippen MR) is 61.3 cm³/mol. The van der Waals surface area contributed by atoms with Crippen molar-refractivity contribution in [2.24, 2.45) is 11.3 Å². The van der Waals surface area contributed by atoms with Crippen LogP contribution in [0, 0.1) is 11.3 Å². The molecular weight excluding hydrogens is 220 g/mol. The number of rotatable bonds is 5. The van der Waals surface area contributed by atoms with Gasteiger partial charge < -0.3 is 19.7 Å². The molecule has 3 aliphatic rings. The van der Waals surface area contributed by atoms with E-state index in [0.717, 1.165) is 51.7 Å². The Bertz CT molecular complexity index is 247. The van der Waals surface area contributed by atoms with E-state index in [4.69, 9.17) is 9.47 Å². The van der Waals surface area contributed by atoms with E-state index in [-0.39, 0.29) is 5.92 Å². The summed E-state index contributed by atoms with van der Waals surface area (Å²) in [5, 5.41) is 18.5. The van der Waals surface area contributed by atoms with Crippen molar-refractivity contribution in [3.05, 3.63) is 0 Å². The van der Waals surface area contributed by atoms with Crippen LogP contribution in [0.25, 0.3) is 0 Å². The first-order valence-corrected chi connectivity index (χ1v) is 6.76. The van der Waals surface area contributed by atoms with Gasteiger partial charge >= 0.3 is 0 Å². The Hall–Kier alpha value is -0.160. The Kier molecular flexibility index (Phi) is 3.15. The summed E-state index contributed by atoms with van der Waals surface area (Å²) >= 11 is 0. The third kappa shape index (κ3) is 2.99. The molecule has 17 heavy (non-hydrogen) atoms. The normalized spacial score (nSPS) is 45.0. The monoisotopic (exact) mass is 242 g/mol. The summed E-state index contributed by atoms with van der Waals surface area (Å²) in [6, 6.07) is 0. The van der Waals surface area contributed by atoms with Gasteiger partial charge in [-0.2, -0.15) is 0 Å². The van der Waals surface area contributed by atoms with Crippen molar-refractivity contribution in [1.29, 1.82) is 0 Å². The standard InChI is InChI=1S/C13H22O4/c14-12(15)9-1-3-13(4-2-9,5-10-7-16-10)6-11-8-17-11/h9-12,14-15H,1-8H2. The molecule has 4 heteroatoms. The second-order valence-corrected chi connectivity index (χ2v) is 6.07. The third-order valence-electron chi connectivity index (χ3n) is 4.64. The van der Waals surface area contributed by atoms with Crippen LogP contribution in [0.15, 0.2) is 0 Å². The topological polar surface area (TPSA) is 65.5 Å². The Morgan fingerprint density at radius 2 is 1.47 bits per heavy atom. The van der Waals surface area contributed by atoms with Crippen molar-refractivity contribution >= 4 is 0 Å². The van der Waals surface area contributed by atoms with Crippen LogP contribution in [0.4, 0.5) is 0 Å². The minimum absolute atomic E-state index is 0.0726. The SMILES string of the molecule is OC(O)C1CCC(CC2CO2)(CC2CO2)CC1. The number of epoxide rings is 2. The molecule has 0 spiro atoms. The van der Waals surface area contributed by atoms with E-state index in [1.54, 1.807) is 0 Å². The molecule has 1 saturated carbocycles. The Morgan fingerprint density at radius 1 is 1.00 bits per heavy atom. The highest BCUT2D eigenvalue weighted by atomic mass is 16.6. The van der Waals surface area contributed by atoms with E-state index >= 15 is 0 Å². The van der Waals surface area contributed by atoms with Gasteiger partial charge in [0.1, 0.15) is 0 Å². The number of hydrogen-bond acceptors (Lipinski definition) is 4. The van der Waals surface area contributed by atoms with Gasteiger partial charge in [0.25, 0.3) is 0 Å². The first-order valence-electron chi connectivity index (χ1n) is 6.76. The summed E-state index contributed by atoms with van der Waals surface area (Å²) in [5.74, 6) is 0.0726. The molecule has 2 unspecified atom stereocenters. The predicted octanol–water partition coefficient (Wildman–Crippen LogP) is 1.05. The summed E-state index contributed by atoms with van der Waals surface area (Å²) in [5.41, 5.74) is 0.341. The van der Waals surface area contributed by atoms with Crippen LogP contribution >= 0.6 is 0 Å². The molecular formula is C13H22O4. The van der Waals surface area contributed by atoms with Crippen molar-refractivity contribution in [2.75, 3.05) is 13.2 Å². The maximum Gasteiger partial charge on any atom is 0.154 e. The molecule has 2 saturated heterocycles. The minimum atomic E-state index is -1.14. The molecule has 0 aromatic carbocycles. The molecule has 2 aliphatic heterocycles. The summed E-state index contributed by atoms with van der Waals surface area (Å²) in [6.45, 7) is 1.83. The van der Waals surface area contributed by atoms with Gasteiger partial charge in [-0.1, -0.05) is 0 Å².